The monoisotopic (exact) mass is 214 g/mol. The van der Waals surface area contributed by atoms with Gasteiger partial charge in [0, 0.05) is 4.91 Å². The summed E-state index contributed by atoms with van der Waals surface area (Å²) in [5.41, 5.74) is 6.79. The molecule has 1 aromatic rings. The van der Waals surface area contributed by atoms with E-state index >= 15 is 0 Å². The second-order valence-electron chi connectivity index (χ2n) is 2.54. The van der Waals surface area contributed by atoms with Crippen molar-refractivity contribution in [1.29, 1.82) is 0 Å². The van der Waals surface area contributed by atoms with Gasteiger partial charge in [0.05, 0.1) is 17.5 Å². The van der Waals surface area contributed by atoms with E-state index in [1.807, 2.05) is 0 Å². The third-order valence-corrected chi connectivity index (χ3v) is 1.62. The largest absolute Gasteiger partial charge is 0.307 e. The molecule has 1 aromatic carbocycles. The summed E-state index contributed by atoms with van der Waals surface area (Å²) in [5.74, 6) is -2.14. The smallest absolute Gasteiger partial charge is 0.258 e. The lowest BCUT2D eigenvalue weighted by atomic mass is 10.2. The molecule has 0 fully saturated rings. The fourth-order valence-electron chi connectivity index (χ4n) is 0.946. The first-order valence-corrected chi connectivity index (χ1v) is 3.69. The van der Waals surface area contributed by atoms with E-state index in [9.17, 15) is 18.9 Å². The van der Waals surface area contributed by atoms with Crippen LogP contribution in [0, 0.1) is 21.7 Å². The van der Waals surface area contributed by atoms with Crippen LogP contribution in [0.1, 0.15) is 5.56 Å². The third-order valence-electron chi connectivity index (χ3n) is 1.62. The molecule has 0 atom stereocenters. The minimum Gasteiger partial charge on any atom is -0.258 e. The van der Waals surface area contributed by atoms with Gasteiger partial charge in [-0.3, -0.25) is 10.1 Å². The highest BCUT2D eigenvalue weighted by Crippen LogP contribution is 2.21. The van der Waals surface area contributed by atoms with E-state index in [1.54, 1.807) is 0 Å². The van der Waals surface area contributed by atoms with E-state index in [0.717, 1.165) is 0 Å². The minimum atomic E-state index is -1.16. The Balaban J connectivity index is 3.18. The summed E-state index contributed by atoms with van der Waals surface area (Å²) in [6.45, 7) is -0.392. The molecular weight excluding hydrogens is 210 g/mol. The number of nitro groups is 1. The van der Waals surface area contributed by atoms with Crippen LogP contribution in [0.2, 0.25) is 0 Å². The Morgan fingerprint density at radius 1 is 1.47 bits per heavy atom. The van der Waals surface area contributed by atoms with E-state index in [1.165, 1.54) is 0 Å². The molecule has 0 bridgehead atoms. The molecule has 78 valence electrons. The van der Waals surface area contributed by atoms with E-state index < -0.39 is 28.8 Å². The first kappa shape index (κ1) is 10.9. The molecular formula is C7H4F2N4O2. The van der Waals surface area contributed by atoms with Crippen LogP contribution in [0.3, 0.4) is 0 Å². The van der Waals surface area contributed by atoms with Crippen LogP contribution >= 0.6 is 0 Å². The highest BCUT2D eigenvalue weighted by molar-refractivity contribution is 5.36. The number of hydrogen-bond acceptors (Lipinski definition) is 3. The summed E-state index contributed by atoms with van der Waals surface area (Å²) < 4.78 is 26.0. The van der Waals surface area contributed by atoms with Crippen molar-refractivity contribution in [2.45, 2.75) is 6.54 Å². The minimum absolute atomic E-state index is 0.226. The fourth-order valence-corrected chi connectivity index (χ4v) is 0.946. The van der Waals surface area contributed by atoms with Crippen LogP contribution in [0.15, 0.2) is 17.2 Å². The first-order chi connectivity index (χ1) is 7.06. The molecule has 0 saturated carbocycles. The third kappa shape index (κ3) is 2.38. The quantitative estimate of drug-likeness (QED) is 0.254. The lowest BCUT2D eigenvalue weighted by Gasteiger charge is -1.99. The van der Waals surface area contributed by atoms with Gasteiger partial charge < -0.3 is 0 Å². The highest BCUT2D eigenvalue weighted by Gasteiger charge is 2.17. The van der Waals surface area contributed by atoms with Gasteiger partial charge in [-0.2, -0.15) is 4.39 Å². The summed E-state index contributed by atoms with van der Waals surface area (Å²) in [4.78, 5) is 11.5. The summed E-state index contributed by atoms with van der Waals surface area (Å²) in [6.07, 6.45) is 0. The van der Waals surface area contributed by atoms with Crippen LogP contribution in [-0.4, -0.2) is 4.92 Å². The first-order valence-electron chi connectivity index (χ1n) is 3.69. The van der Waals surface area contributed by atoms with Gasteiger partial charge in [0.2, 0.25) is 5.82 Å². The van der Waals surface area contributed by atoms with Crippen molar-refractivity contribution in [3.05, 3.63) is 49.9 Å². The summed E-state index contributed by atoms with van der Waals surface area (Å²) in [7, 11) is 0. The van der Waals surface area contributed by atoms with Crippen molar-refractivity contribution in [3.63, 3.8) is 0 Å². The molecule has 0 aliphatic carbocycles. The van der Waals surface area contributed by atoms with E-state index in [4.69, 9.17) is 5.53 Å². The van der Waals surface area contributed by atoms with E-state index in [-0.39, 0.29) is 5.56 Å². The molecule has 6 nitrogen and oxygen atoms in total. The van der Waals surface area contributed by atoms with Crippen molar-refractivity contribution in [3.8, 4) is 0 Å². The maximum absolute atomic E-state index is 13.1. The second-order valence-corrected chi connectivity index (χ2v) is 2.54. The van der Waals surface area contributed by atoms with Gasteiger partial charge in [0.25, 0.3) is 0 Å². The van der Waals surface area contributed by atoms with Gasteiger partial charge in [-0.25, -0.2) is 4.39 Å². The number of azide groups is 1. The Kier molecular flexibility index (Phi) is 3.14. The Morgan fingerprint density at radius 3 is 2.67 bits per heavy atom. The standard InChI is InChI=1S/C7H4F2N4O2/c8-5-2-7(13(14)15)6(9)1-4(5)3-11-12-10/h1-2H,3H2. The highest BCUT2D eigenvalue weighted by atomic mass is 19.1. The van der Waals surface area contributed by atoms with Crippen molar-refractivity contribution < 1.29 is 13.7 Å². The molecule has 0 heterocycles. The van der Waals surface area contributed by atoms with Crippen molar-refractivity contribution in [2.75, 3.05) is 0 Å². The lowest BCUT2D eigenvalue weighted by Crippen LogP contribution is -1.97. The Hall–Kier alpha value is -2.21. The Morgan fingerprint density at radius 2 is 2.13 bits per heavy atom. The molecule has 8 heteroatoms. The number of benzene rings is 1. The van der Waals surface area contributed by atoms with Crippen molar-refractivity contribution in [1.82, 2.24) is 0 Å². The van der Waals surface area contributed by atoms with Crippen LogP contribution in [0.5, 0.6) is 0 Å². The molecule has 0 amide bonds. The van der Waals surface area contributed by atoms with E-state index in [0.29, 0.717) is 12.1 Å². The number of halogens is 2. The Bertz CT molecular complexity index is 457. The maximum atomic E-state index is 13.1. The van der Waals surface area contributed by atoms with Crippen LogP contribution < -0.4 is 0 Å². The number of nitrogens with zero attached hydrogens (tertiary/aromatic N) is 4. The molecule has 0 radical (unpaired) electrons. The van der Waals surface area contributed by atoms with Crippen molar-refractivity contribution >= 4 is 5.69 Å². The Labute approximate surface area is 81.9 Å². The number of hydrogen-bond donors (Lipinski definition) is 0. The van der Waals surface area contributed by atoms with Crippen LogP contribution in [0.25, 0.3) is 10.4 Å². The predicted octanol–water partition coefficient (Wildman–Crippen LogP) is 2.68. The zero-order valence-electron chi connectivity index (χ0n) is 7.22. The number of nitro benzene ring substituents is 1. The molecule has 0 saturated heterocycles. The van der Waals surface area contributed by atoms with Gasteiger partial charge >= 0.3 is 5.69 Å². The molecule has 0 N–H and O–H groups in total. The van der Waals surface area contributed by atoms with Crippen molar-refractivity contribution in [2.24, 2.45) is 5.11 Å². The van der Waals surface area contributed by atoms with Gasteiger partial charge in [-0.15, -0.1) is 0 Å². The fraction of sp³-hybridized carbons (Fsp3) is 0.143. The molecule has 15 heavy (non-hydrogen) atoms. The van der Waals surface area contributed by atoms with Gasteiger partial charge in [0.1, 0.15) is 5.82 Å². The average Bonchev–Trinajstić information content (AvgIpc) is 2.18. The topological polar surface area (TPSA) is 91.9 Å². The van der Waals surface area contributed by atoms with Crippen LogP contribution in [0.4, 0.5) is 14.5 Å². The maximum Gasteiger partial charge on any atom is 0.307 e. The zero-order valence-corrected chi connectivity index (χ0v) is 7.22. The molecule has 0 aliphatic heterocycles. The molecule has 0 aliphatic rings. The SMILES string of the molecule is [N-]=[N+]=NCc1cc(F)c([N+](=O)[O-])cc1F. The molecule has 0 unspecified atom stereocenters. The van der Waals surface area contributed by atoms with Gasteiger partial charge in [-0.1, -0.05) is 5.11 Å². The predicted molar refractivity (Wildman–Crippen MR) is 45.9 cm³/mol. The molecule has 0 aromatic heterocycles. The van der Waals surface area contributed by atoms with Gasteiger partial charge in [-0.05, 0) is 17.2 Å². The summed E-state index contributed by atoms with van der Waals surface area (Å²) >= 11 is 0. The summed E-state index contributed by atoms with van der Waals surface area (Å²) in [5, 5.41) is 13.2. The zero-order chi connectivity index (χ0) is 11.4. The lowest BCUT2D eigenvalue weighted by molar-refractivity contribution is -0.387. The molecule has 1 rings (SSSR count). The van der Waals surface area contributed by atoms with Crippen LogP contribution in [-0.2, 0) is 6.54 Å². The molecule has 0 spiro atoms. The van der Waals surface area contributed by atoms with E-state index in [2.05, 4.69) is 10.0 Å². The number of rotatable bonds is 3. The normalized spacial score (nSPS) is 9.47. The second kappa shape index (κ2) is 4.34. The van der Waals surface area contributed by atoms with Gasteiger partial charge in [0.15, 0.2) is 0 Å². The summed E-state index contributed by atoms with van der Waals surface area (Å²) in [6, 6.07) is 1.10. The average molecular weight is 214 g/mol.